The molecule has 4 nitrogen and oxygen atoms in total. The molecule has 7 heteroatoms. The summed E-state index contributed by atoms with van der Waals surface area (Å²) in [6.07, 6.45) is -0.895. The first kappa shape index (κ1) is 13.7. The van der Waals surface area contributed by atoms with Crippen molar-refractivity contribution < 1.29 is 18.7 Å². The maximum atomic E-state index is 13.7. The first-order valence-corrected chi connectivity index (χ1v) is 6.11. The molecular formula is C12H12F2N2O2S. The zero-order valence-corrected chi connectivity index (χ0v) is 10.6. The maximum absolute atomic E-state index is 13.7. The quantitative estimate of drug-likeness (QED) is 0.728. The third-order valence-electron chi connectivity index (χ3n) is 3.08. The van der Waals surface area contributed by atoms with Gasteiger partial charge in [0.1, 0.15) is 0 Å². The fourth-order valence-electron chi connectivity index (χ4n) is 2.17. The lowest BCUT2D eigenvalue weighted by molar-refractivity contribution is 0.191. The Morgan fingerprint density at radius 1 is 1.47 bits per heavy atom. The highest BCUT2D eigenvalue weighted by atomic mass is 32.1. The van der Waals surface area contributed by atoms with Crippen molar-refractivity contribution in [3.63, 3.8) is 0 Å². The van der Waals surface area contributed by atoms with Crippen LogP contribution in [-0.2, 0) is 0 Å². The van der Waals surface area contributed by atoms with E-state index in [9.17, 15) is 13.6 Å². The number of thiocarbonyl (C=S) groups is 1. The van der Waals surface area contributed by atoms with E-state index < -0.39 is 23.8 Å². The number of benzene rings is 1. The summed E-state index contributed by atoms with van der Waals surface area (Å²) >= 11 is 5.00. The van der Waals surface area contributed by atoms with Crippen molar-refractivity contribution in [3.05, 3.63) is 35.4 Å². The Hall–Kier alpha value is -1.76. The molecule has 2 rings (SSSR count). The molecule has 2 atom stereocenters. The van der Waals surface area contributed by atoms with Crippen LogP contribution in [0.2, 0.25) is 0 Å². The van der Waals surface area contributed by atoms with Crippen molar-refractivity contribution in [2.24, 2.45) is 0 Å². The van der Waals surface area contributed by atoms with E-state index in [1.165, 1.54) is 12.1 Å². The summed E-state index contributed by atoms with van der Waals surface area (Å²) in [7, 11) is 0. The molecule has 3 N–H and O–H groups in total. The van der Waals surface area contributed by atoms with Gasteiger partial charge in [-0.15, -0.1) is 0 Å². The number of rotatable bonds is 2. The summed E-state index contributed by atoms with van der Waals surface area (Å²) < 4.78 is 26.9. The average molecular weight is 286 g/mol. The maximum Gasteiger partial charge on any atom is 0.405 e. The van der Waals surface area contributed by atoms with Crippen molar-refractivity contribution in [2.75, 3.05) is 6.54 Å². The predicted molar refractivity (Wildman–Crippen MR) is 69.3 cm³/mol. The van der Waals surface area contributed by atoms with Crippen molar-refractivity contribution in [2.45, 2.75) is 18.4 Å². The van der Waals surface area contributed by atoms with Crippen LogP contribution in [0.15, 0.2) is 18.2 Å². The third kappa shape index (κ3) is 2.98. The van der Waals surface area contributed by atoms with E-state index >= 15 is 0 Å². The molecule has 1 aliphatic heterocycles. The minimum Gasteiger partial charge on any atom is -0.465 e. The molecule has 0 aliphatic carbocycles. The van der Waals surface area contributed by atoms with Crippen LogP contribution in [0, 0.1) is 11.6 Å². The topological polar surface area (TPSA) is 61.4 Å². The number of hydrogen-bond acceptors (Lipinski definition) is 2. The van der Waals surface area contributed by atoms with Crippen LogP contribution in [0.4, 0.5) is 13.6 Å². The van der Waals surface area contributed by atoms with Crippen LogP contribution in [0.1, 0.15) is 17.9 Å². The summed E-state index contributed by atoms with van der Waals surface area (Å²) in [5, 5.41) is 13.8. The second-order valence-corrected chi connectivity index (χ2v) is 4.76. The van der Waals surface area contributed by atoms with Crippen LogP contribution in [-0.4, -0.2) is 28.8 Å². The monoisotopic (exact) mass is 286 g/mol. The van der Waals surface area contributed by atoms with E-state index in [-0.39, 0.29) is 11.5 Å². The smallest absolute Gasteiger partial charge is 0.405 e. The second kappa shape index (κ2) is 5.48. The van der Waals surface area contributed by atoms with Gasteiger partial charge in [0.25, 0.3) is 0 Å². The van der Waals surface area contributed by atoms with E-state index in [1.807, 2.05) is 0 Å². The van der Waals surface area contributed by atoms with Gasteiger partial charge in [-0.05, 0) is 18.1 Å². The minimum atomic E-state index is -1.20. The van der Waals surface area contributed by atoms with Gasteiger partial charge in [-0.2, -0.15) is 0 Å². The fraction of sp³-hybridized carbons (Fsp3) is 0.333. The van der Waals surface area contributed by atoms with E-state index in [0.717, 1.165) is 6.07 Å². The zero-order chi connectivity index (χ0) is 14.0. The number of piperidine rings is 1. The average Bonchev–Trinajstić information content (AvgIpc) is 2.35. The normalized spacial score (nSPS) is 22.7. The van der Waals surface area contributed by atoms with E-state index in [2.05, 4.69) is 10.6 Å². The third-order valence-corrected chi connectivity index (χ3v) is 3.51. The number of halogens is 2. The van der Waals surface area contributed by atoms with Gasteiger partial charge >= 0.3 is 6.09 Å². The molecule has 1 amide bonds. The van der Waals surface area contributed by atoms with Gasteiger partial charge < -0.3 is 15.7 Å². The fourth-order valence-corrected chi connectivity index (χ4v) is 2.41. The minimum absolute atomic E-state index is 0.229. The highest BCUT2D eigenvalue weighted by Crippen LogP contribution is 2.27. The van der Waals surface area contributed by atoms with Crippen LogP contribution in [0.25, 0.3) is 0 Å². The highest BCUT2D eigenvalue weighted by molar-refractivity contribution is 7.80. The molecular weight excluding hydrogens is 274 g/mol. The molecule has 19 heavy (non-hydrogen) atoms. The molecule has 0 spiro atoms. The summed E-state index contributed by atoms with van der Waals surface area (Å²) in [5.74, 6) is -2.14. The lowest BCUT2D eigenvalue weighted by Crippen LogP contribution is -2.51. The first-order chi connectivity index (χ1) is 8.99. The Morgan fingerprint density at radius 3 is 2.89 bits per heavy atom. The Bertz CT molecular complexity index is 524. The lowest BCUT2D eigenvalue weighted by atomic mass is 9.88. The van der Waals surface area contributed by atoms with Crippen molar-refractivity contribution in [3.8, 4) is 0 Å². The summed E-state index contributed by atoms with van der Waals surface area (Å²) in [6, 6.07) is 3.39. The van der Waals surface area contributed by atoms with Gasteiger partial charge in [0.15, 0.2) is 11.6 Å². The van der Waals surface area contributed by atoms with Crippen LogP contribution >= 0.6 is 12.2 Å². The van der Waals surface area contributed by atoms with Gasteiger partial charge in [-0.1, -0.05) is 24.4 Å². The van der Waals surface area contributed by atoms with Gasteiger partial charge in [-0.25, -0.2) is 13.6 Å². The molecule has 1 aromatic rings. The molecule has 0 unspecified atom stereocenters. The predicted octanol–water partition coefficient (Wildman–Crippen LogP) is 2.01. The molecule has 102 valence electrons. The van der Waals surface area contributed by atoms with Crippen LogP contribution in [0.3, 0.4) is 0 Å². The van der Waals surface area contributed by atoms with Crippen LogP contribution < -0.4 is 10.6 Å². The van der Waals surface area contributed by atoms with Gasteiger partial charge in [-0.3, -0.25) is 0 Å². The van der Waals surface area contributed by atoms with E-state index in [1.54, 1.807) is 0 Å². The molecule has 0 aromatic heterocycles. The van der Waals surface area contributed by atoms with Gasteiger partial charge in [0.2, 0.25) is 0 Å². The molecule has 1 heterocycles. The van der Waals surface area contributed by atoms with E-state index in [0.29, 0.717) is 18.0 Å². The summed E-state index contributed by atoms with van der Waals surface area (Å²) in [4.78, 5) is 11.0. The Morgan fingerprint density at radius 2 is 2.21 bits per heavy atom. The first-order valence-electron chi connectivity index (χ1n) is 5.70. The van der Waals surface area contributed by atoms with Crippen molar-refractivity contribution >= 4 is 23.3 Å². The second-order valence-electron chi connectivity index (χ2n) is 4.32. The summed E-state index contributed by atoms with van der Waals surface area (Å²) in [6.45, 7) is 0.358. The molecule has 1 aliphatic rings. The molecule has 0 radical (unpaired) electrons. The zero-order valence-electron chi connectivity index (χ0n) is 9.82. The number of carboxylic acid groups (broad SMARTS) is 1. The number of nitrogens with one attached hydrogen (secondary N) is 2. The molecule has 1 saturated heterocycles. The Kier molecular flexibility index (Phi) is 3.94. The van der Waals surface area contributed by atoms with Gasteiger partial charge in [0.05, 0.1) is 11.0 Å². The SMILES string of the molecule is O=C(O)N[C@H]1C[C@@H](c2cccc(F)c2F)CNC1=S. The number of amides is 1. The largest absolute Gasteiger partial charge is 0.465 e. The number of carbonyl (C=O) groups is 1. The molecule has 0 bridgehead atoms. The van der Waals surface area contributed by atoms with E-state index in [4.69, 9.17) is 17.3 Å². The van der Waals surface area contributed by atoms with Gasteiger partial charge in [0, 0.05) is 12.5 Å². The van der Waals surface area contributed by atoms with Crippen molar-refractivity contribution in [1.29, 1.82) is 0 Å². The molecule has 1 aromatic carbocycles. The Labute approximate surface area is 113 Å². The Balaban J connectivity index is 2.19. The number of hydrogen-bond donors (Lipinski definition) is 3. The molecule has 0 saturated carbocycles. The highest BCUT2D eigenvalue weighted by Gasteiger charge is 2.29. The molecule has 1 fully saturated rings. The van der Waals surface area contributed by atoms with Crippen molar-refractivity contribution in [1.82, 2.24) is 10.6 Å². The standard InChI is InChI=1S/C12H12F2N2O2S/c13-8-3-1-2-7(10(8)14)6-4-9(16-12(17)18)11(19)15-5-6/h1-3,6,9,16H,4-5H2,(H,15,19)(H,17,18)/t6-,9+/m1/s1. The lowest BCUT2D eigenvalue weighted by Gasteiger charge is -2.31. The summed E-state index contributed by atoms with van der Waals surface area (Å²) in [5.41, 5.74) is 0.229. The van der Waals surface area contributed by atoms with Crippen LogP contribution in [0.5, 0.6) is 0 Å².